The standard InChI is InChI=1S/C12H12BrN3O5/c1-21-7-3-8(13)11(9(4-7)16(19)20)15-5-6(12(14)18)2-10(15)17/h3-4,6H,2,5H2,1H3,(H2,14,18). The maximum absolute atomic E-state index is 12.0. The zero-order valence-electron chi connectivity index (χ0n) is 11.0. The highest BCUT2D eigenvalue weighted by Crippen LogP contribution is 2.41. The first-order valence-corrected chi connectivity index (χ1v) is 6.76. The van der Waals surface area contributed by atoms with Gasteiger partial charge in [0, 0.05) is 13.0 Å². The quantitative estimate of drug-likeness (QED) is 0.641. The maximum Gasteiger partial charge on any atom is 0.297 e. The van der Waals surface area contributed by atoms with Gasteiger partial charge in [0.2, 0.25) is 11.8 Å². The second-order valence-electron chi connectivity index (χ2n) is 4.54. The second-order valence-corrected chi connectivity index (χ2v) is 5.40. The van der Waals surface area contributed by atoms with Crippen molar-refractivity contribution in [2.45, 2.75) is 6.42 Å². The molecule has 1 aromatic carbocycles. The van der Waals surface area contributed by atoms with Crippen LogP contribution in [-0.4, -0.2) is 30.4 Å². The number of anilines is 1. The van der Waals surface area contributed by atoms with Gasteiger partial charge in [-0.2, -0.15) is 0 Å². The lowest BCUT2D eigenvalue weighted by Gasteiger charge is -2.18. The molecule has 0 aliphatic carbocycles. The minimum Gasteiger partial charge on any atom is -0.496 e. The molecule has 1 aromatic rings. The van der Waals surface area contributed by atoms with Crippen LogP contribution in [0, 0.1) is 16.0 Å². The number of nitrogens with two attached hydrogens (primary N) is 1. The van der Waals surface area contributed by atoms with Gasteiger partial charge in [0.25, 0.3) is 5.69 Å². The number of primary amides is 1. The number of ether oxygens (including phenoxy) is 1. The predicted molar refractivity (Wildman–Crippen MR) is 77.0 cm³/mol. The van der Waals surface area contributed by atoms with Crippen LogP contribution in [-0.2, 0) is 9.59 Å². The molecule has 0 aromatic heterocycles. The van der Waals surface area contributed by atoms with E-state index in [0.29, 0.717) is 4.47 Å². The van der Waals surface area contributed by atoms with Gasteiger partial charge in [-0.1, -0.05) is 0 Å². The summed E-state index contributed by atoms with van der Waals surface area (Å²) in [6.07, 6.45) is -0.0506. The third-order valence-corrected chi connectivity index (χ3v) is 3.85. The summed E-state index contributed by atoms with van der Waals surface area (Å²) >= 11 is 3.21. The molecule has 0 bridgehead atoms. The van der Waals surface area contributed by atoms with E-state index in [1.54, 1.807) is 0 Å². The van der Waals surface area contributed by atoms with E-state index in [2.05, 4.69) is 15.9 Å². The minimum atomic E-state index is -0.647. The molecule has 2 amide bonds. The number of hydrogen-bond acceptors (Lipinski definition) is 5. The van der Waals surface area contributed by atoms with Gasteiger partial charge in [0.1, 0.15) is 11.4 Å². The highest BCUT2D eigenvalue weighted by molar-refractivity contribution is 9.10. The molecular formula is C12H12BrN3O5. The Morgan fingerprint density at radius 2 is 2.24 bits per heavy atom. The normalized spacial score (nSPS) is 17.9. The van der Waals surface area contributed by atoms with Crippen molar-refractivity contribution in [3.63, 3.8) is 0 Å². The van der Waals surface area contributed by atoms with Gasteiger partial charge < -0.3 is 15.4 Å². The minimum absolute atomic E-state index is 0.0277. The van der Waals surface area contributed by atoms with Gasteiger partial charge in [0.15, 0.2) is 0 Å². The number of methoxy groups -OCH3 is 1. The van der Waals surface area contributed by atoms with E-state index in [9.17, 15) is 19.7 Å². The summed E-state index contributed by atoms with van der Waals surface area (Å²) in [4.78, 5) is 35.0. The Bertz CT molecular complexity index is 634. The average Bonchev–Trinajstić information content (AvgIpc) is 2.79. The Balaban J connectivity index is 2.51. The smallest absolute Gasteiger partial charge is 0.297 e. The van der Waals surface area contributed by atoms with Gasteiger partial charge in [-0.15, -0.1) is 0 Å². The molecule has 8 nitrogen and oxygen atoms in total. The number of nitro benzene ring substituents is 1. The SMILES string of the molecule is COc1cc(Br)c(N2CC(C(N)=O)CC2=O)c([N+](=O)[O-])c1. The molecule has 1 fully saturated rings. The van der Waals surface area contributed by atoms with Gasteiger partial charge in [0.05, 0.1) is 28.5 Å². The van der Waals surface area contributed by atoms with E-state index < -0.39 is 16.7 Å². The molecular weight excluding hydrogens is 346 g/mol. The van der Waals surface area contributed by atoms with Crippen molar-refractivity contribution in [3.05, 3.63) is 26.7 Å². The first-order chi connectivity index (χ1) is 9.85. The Labute approximate surface area is 128 Å². The molecule has 1 aliphatic heterocycles. The highest BCUT2D eigenvalue weighted by Gasteiger charge is 2.38. The fourth-order valence-corrected chi connectivity index (χ4v) is 2.84. The van der Waals surface area contributed by atoms with Crippen LogP contribution >= 0.6 is 15.9 Å². The number of benzene rings is 1. The molecule has 0 spiro atoms. The summed E-state index contributed by atoms with van der Waals surface area (Å²) in [6.45, 7) is 0.0277. The largest absolute Gasteiger partial charge is 0.496 e. The van der Waals surface area contributed by atoms with Crippen LogP contribution in [0.25, 0.3) is 0 Å². The molecule has 1 unspecified atom stereocenters. The average molecular weight is 358 g/mol. The van der Waals surface area contributed by atoms with Crippen molar-refractivity contribution in [1.82, 2.24) is 0 Å². The molecule has 2 rings (SSSR count). The van der Waals surface area contributed by atoms with Crippen LogP contribution in [0.5, 0.6) is 5.75 Å². The lowest BCUT2D eigenvalue weighted by atomic mass is 10.1. The van der Waals surface area contributed by atoms with Gasteiger partial charge in [-0.25, -0.2) is 0 Å². The summed E-state index contributed by atoms with van der Waals surface area (Å²) in [5.41, 5.74) is 5.03. The number of halogens is 1. The van der Waals surface area contributed by atoms with Crippen LogP contribution < -0.4 is 15.4 Å². The van der Waals surface area contributed by atoms with Crippen molar-refractivity contribution in [1.29, 1.82) is 0 Å². The number of nitrogens with zero attached hydrogens (tertiary/aromatic N) is 2. The van der Waals surface area contributed by atoms with Crippen molar-refractivity contribution in [3.8, 4) is 5.75 Å². The first-order valence-electron chi connectivity index (χ1n) is 5.96. The fraction of sp³-hybridized carbons (Fsp3) is 0.333. The van der Waals surface area contributed by atoms with Crippen molar-refractivity contribution >= 4 is 39.1 Å². The summed E-state index contributed by atoms with van der Waals surface area (Å²) < 4.78 is 5.32. The van der Waals surface area contributed by atoms with Crippen LogP contribution in [0.4, 0.5) is 11.4 Å². The Morgan fingerprint density at radius 1 is 1.57 bits per heavy atom. The molecule has 9 heteroatoms. The lowest BCUT2D eigenvalue weighted by Crippen LogP contribution is -2.29. The van der Waals surface area contributed by atoms with E-state index in [1.165, 1.54) is 24.1 Å². The van der Waals surface area contributed by atoms with Crippen LogP contribution in [0.15, 0.2) is 16.6 Å². The van der Waals surface area contributed by atoms with E-state index in [0.717, 1.165) is 0 Å². The fourth-order valence-electron chi connectivity index (χ4n) is 2.20. The van der Waals surface area contributed by atoms with E-state index in [1.807, 2.05) is 0 Å². The van der Waals surface area contributed by atoms with Gasteiger partial charge in [-0.3, -0.25) is 19.7 Å². The third-order valence-electron chi connectivity index (χ3n) is 3.25. The molecule has 0 radical (unpaired) electrons. The summed E-state index contributed by atoms with van der Waals surface area (Å²) in [6, 6.07) is 2.75. The van der Waals surface area contributed by atoms with E-state index >= 15 is 0 Å². The number of carbonyl (C=O) groups excluding carboxylic acids is 2. The topological polar surface area (TPSA) is 116 Å². The third kappa shape index (κ3) is 2.82. The highest BCUT2D eigenvalue weighted by atomic mass is 79.9. The Morgan fingerprint density at radius 3 is 2.71 bits per heavy atom. The zero-order valence-corrected chi connectivity index (χ0v) is 12.6. The maximum atomic E-state index is 12.0. The van der Waals surface area contributed by atoms with Crippen molar-refractivity contribution in [2.75, 3.05) is 18.6 Å². The van der Waals surface area contributed by atoms with Crippen LogP contribution in [0.2, 0.25) is 0 Å². The Kier molecular flexibility index (Phi) is 4.12. The molecule has 1 atom stereocenters. The number of carbonyl (C=O) groups is 2. The van der Waals surface area contributed by atoms with Crippen LogP contribution in [0.1, 0.15) is 6.42 Å². The number of amides is 2. The first kappa shape index (κ1) is 15.2. The molecule has 21 heavy (non-hydrogen) atoms. The summed E-state index contributed by atoms with van der Waals surface area (Å²) in [5, 5.41) is 11.2. The molecule has 1 heterocycles. The molecule has 2 N–H and O–H groups in total. The van der Waals surface area contributed by atoms with Crippen molar-refractivity contribution in [2.24, 2.45) is 11.7 Å². The van der Waals surface area contributed by atoms with Crippen molar-refractivity contribution < 1.29 is 19.2 Å². The zero-order chi connectivity index (χ0) is 15.7. The van der Waals surface area contributed by atoms with E-state index in [4.69, 9.17) is 10.5 Å². The summed E-state index contributed by atoms with van der Waals surface area (Å²) in [7, 11) is 1.38. The molecule has 0 saturated carbocycles. The lowest BCUT2D eigenvalue weighted by molar-refractivity contribution is -0.384. The van der Waals surface area contributed by atoms with Gasteiger partial charge >= 0.3 is 0 Å². The predicted octanol–water partition coefficient (Wildman–Crippen LogP) is 1.20. The summed E-state index contributed by atoms with van der Waals surface area (Å²) in [5.74, 6) is -1.34. The Hall–Kier alpha value is -2.16. The second kappa shape index (κ2) is 5.68. The number of nitro groups is 1. The van der Waals surface area contributed by atoms with E-state index in [-0.39, 0.29) is 36.0 Å². The van der Waals surface area contributed by atoms with Gasteiger partial charge in [-0.05, 0) is 22.0 Å². The molecule has 1 saturated heterocycles. The van der Waals surface area contributed by atoms with Crippen LogP contribution in [0.3, 0.4) is 0 Å². The molecule has 112 valence electrons. The number of hydrogen-bond donors (Lipinski definition) is 1. The molecule has 1 aliphatic rings. The number of rotatable bonds is 4. The monoisotopic (exact) mass is 357 g/mol.